The van der Waals surface area contributed by atoms with Gasteiger partial charge in [-0.1, -0.05) is 11.8 Å². The number of aromatic carboxylic acids is 1. The molecule has 0 aliphatic rings. The van der Waals surface area contributed by atoms with Gasteiger partial charge in [0.25, 0.3) is 0 Å². The van der Waals surface area contributed by atoms with Gasteiger partial charge in [0, 0.05) is 25.1 Å². The summed E-state index contributed by atoms with van der Waals surface area (Å²) < 4.78 is 1.91. The van der Waals surface area contributed by atoms with E-state index < -0.39 is 5.97 Å². The Labute approximate surface area is 115 Å². The molecule has 0 aliphatic heterocycles. The Morgan fingerprint density at radius 2 is 2.21 bits per heavy atom. The molecule has 2 aromatic rings. The number of hydrogen-bond acceptors (Lipinski definition) is 4. The highest BCUT2D eigenvalue weighted by Crippen LogP contribution is 2.26. The Morgan fingerprint density at radius 3 is 2.79 bits per heavy atom. The molecule has 19 heavy (non-hydrogen) atoms. The van der Waals surface area contributed by atoms with Crippen molar-refractivity contribution in [3.8, 4) is 0 Å². The molecule has 0 spiro atoms. The number of carboxylic acid groups (broad SMARTS) is 1. The predicted molar refractivity (Wildman–Crippen MR) is 73.4 cm³/mol. The van der Waals surface area contributed by atoms with E-state index in [0.29, 0.717) is 10.8 Å². The van der Waals surface area contributed by atoms with Crippen LogP contribution in [0.15, 0.2) is 23.5 Å². The zero-order valence-corrected chi connectivity index (χ0v) is 11.9. The Kier molecular flexibility index (Phi) is 3.90. The molecule has 2 rings (SSSR count). The van der Waals surface area contributed by atoms with E-state index in [2.05, 4.69) is 9.97 Å². The van der Waals surface area contributed by atoms with Gasteiger partial charge in [0.1, 0.15) is 10.9 Å². The summed E-state index contributed by atoms with van der Waals surface area (Å²) in [5.41, 5.74) is 1.84. The standard InChI is InChI=1S/C13H15N3O2S/c1-8-6-9(2)15-12(11(8)13(17)18)19-7-10-14-4-5-16(10)3/h4-6H,7H2,1-3H3,(H,17,18). The van der Waals surface area contributed by atoms with Gasteiger partial charge in [-0.25, -0.2) is 14.8 Å². The van der Waals surface area contributed by atoms with Crippen LogP contribution < -0.4 is 0 Å². The van der Waals surface area contributed by atoms with Crippen LogP contribution in [0.5, 0.6) is 0 Å². The number of thioether (sulfide) groups is 1. The summed E-state index contributed by atoms with van der Waals surface area (Å²) >= 11 is 1.40. The van der Waals surface area contributed by atoms with Crippen molar-refractivity contribution < 1.29 is 9.90 Å². The number of pyridine rings is 1. The van der Waals surface area contributed by atoms with E-state index in [0.717, 1.165) is 17.1 Å². The molecule has 0 amide bonds. The van der Waals surface area contributed by atoms with Crippen molar-refractivity contribution in [1.82, 2.24) is 14.5 Å². The highest BCUT2D eigenvalue weighted by Gasteiger charge is 2.16. The molecular weight excluding hydrogens is 262 g/mol. The van der Waals surface area contributed by atoms with Crippen LogP contribution in [-0.4, -0.2) is 25.6 Å². The average Bonchev–Trinajstić information content (AvgIpc) is 2.70. The third kappa shape index (κ3) is 2.96. The summed E-state index contributed by atoms with van der Waals surface area (Å²) in [4.78, 5) is 19.9. The Balaban J connectivity index is 2.29. The largest absolute Gasteiger partial charge is 0.478 e. The van der Waals surface area contributed by atoms with E-state index in [1.807, 2.05) is 24.7 Å². The molecule has 100 valence electrons. The molecular formula is C13H15N3O2S. The zero-order valence-electron chi connectivity index (χ0n) is 11.0. The van der Waals surface area contributed by atoms with Crippen LogP contribution in [-0.2, 0) is 12.8 Å². The number of carboxylic acids is 1. The topological polar surface area (TPSA) is 68.0 Å². The molecule has 2 aromatic heterocycles. The Hall–Kier alpha value is -1.82. The summed E-state index contributed by atoms with van der Waals surface area (Å²) in [7, 11) is 1.91. The van der Waals surface area contributed by atoms with Gasteiger partial charge in [0.15, 0.2) is 0 Å². The summed E-state index contributed by atoms with van der Waals surface area (Å²) in [6.07, 6.45) is 3.59. The van der Waals surface area contributed by atoms with Gasteiger partial charge in [0.05, 0.1) is 11.3 Å². The summed E-state index contributed by atoms with van der Waals surface area (Å²) in [6, 6.07) is 1.79. The van der Waals surface area contributed by atoms with Crippen LogP contribution in [0.1, 0.15) is 27.4 Å². The molecule has 0 unspecified atom stereocenters. The zero-order chi connectivity index (χ0) is 14.0. The van der Waals surface area contributed by atoms with Crippen LogP contribution in [0.25, 0.3) is 0 Å². The number of carbonyl (C=O) groups is 1. The van der Waals surface area contributed by atoms with E-state index in [4.69, 9.17) is 0 Å². The maximum absolute atomic E-state index is 11.3. The van der Waals surface area contributed by atoms with E-state index in [1.165, 1.54) is 11.8 Å². The van der Waals surface area contributed by atoms with Gasteiger partial charge >= 0.3 is 5.97 Å². The predicted octanol–water partition coefficient (Wildman–Crippen LogP) is 2.42. The van der Waals surface area contributed by atoms with Crippen molar-refractivity contribution in [2.45, 2.75) is 24.6 Å². The highest BCUT2D eigenvalue weighted by atomic mass is 32.2. The van der Waals surface area contributed by atoms with Gasteiger partial charge in [0.2, 0.25) is 0 Å². The van der Waals surface area contributed by atoms with E-state index in [9.17, 15) is 9.90 Å². The fourth-order valence-electron chi connectivity index (χ4n) is 1.84. The van der Waals surface area contributed by atoms with E-state index in [-0.39, 0.29) is 5.56 Å². The molecule has 0 bridgehead atoms. The van der Waals surface area contributed by atoms with Crippen molar-refractivity contribution in [2.75, 3.05) is 0 Å². The fourth-order valence-corrected chi connectivity index (χ4v) is 2.98. The molecule has 0 saturated heterocycles. The van der Waals surface area contributed by atoms with Crippen LogP contribution >= 0.6 is 11.8 Å². The van der Waals surface area contributed by atoms with Crippen molar-refractivity contribution in [3.05, 3.63) is 41.1 Å². The summed E-state index contributed by atoms with van der Waals surface area (Å²) in [5.74, 6) is 0.550. The maximum Gasteiger partial charge on any atom is 0.338 e. The van der Waals surface area contributed by atoms with Gasteiger partial charge in [-0.15, -0.1) is 0 Å². The normalized spacial score (nSPS) is 10.7. The SMILES string of the molecule is Cc1cc(C)c(C(=O)O)c(SCc2nccn2C)n1. The first kappa shape index (κ1) is 13.6. The lowest BCUT2D eigenvalue weighted by molar-refractivity contribution is 0.0691. The second kappa shape index (κ2) is 5.44. The van der Waals surface area contributed by atoms with Gasteiger partial charge in [-0.3, -0.25) is 0 Å². The minimum atomic E-state index is -0.938. The second-order valence-electron chi connectivity index (χ2n) is 4.31. The summed E-state index contributed by atoms with van der Waals surface area (Å²) in [5, 5.41) is 9.82. The molecule has 0 aromatic carbocycles. The van der Waals surface area contributed by atoms with Crippen molar-refractivity contribution in [1.29, 1.82) is 0 Å². The monoisotopic (exact) mass is 277 g/mol. The van der Waals surface area contributed by atoms with Crippen molar-refractivity contribution >= 4 is 17.7 Å². The van der Waals surface area contributed by atoms with Gasteiger partial charge in [-0.2, -0.15) is 0 Å². The minimum absolute atomic E-state index is 0.282. The first-order chi connectivity index (χ1) is 8.99. The van der Waals surface area contributed by atoms with Gasteiger partial charge < -0.3 is 9.67 Å². The highest BCUT2D eigenvalue weighted by molar-refractivity contribution is 7.98. The first-order valence-corrected chi connectivity index (χ1v) is 6.78. The van der Waals surface area contributed by atoms with Crippen LogP contribution in [0, 0.1) is 13.8 Å². The third-order valence-corrected chi connectivity index (χ3v) is 3.76. The minimum Gasteiger partial charge on any atom is -0.478 e. The quantitative estimate of drug-likeness (QED) is 0.869. The molecule has 6 heteroatoms. The second-order valence-corrected chi connectivity index (χ2v) is 5.27. The number of nitrogens with zero attached hydrogens (tertiary/aromatic N) is 3. The molecule has 5 nitrogen and oxygen atoms in total. The average molecular weight is 277 g/mol. The number of rotatable bonds is 4. The number of aryl methyl sites for hydroxylation is 3. The molecule has 0 saturated carbocycles. The molecule has 0 atom stereocenters. The number of imidazole rings is 1. The molecule has 1 N–H and O–H groups in total. The van der Waals surface area contributed by atoms with Crippen molar-refractivity contribution in [3.63, 3.8) is 0 Å². The van der Waals surface area contributed by atoms with Crippen LogP contribution in [0.2, 0.25) is 0 Å². The fraction of sp³-hybridized carbons (Fsp3) is 0.308. The summed E-state index contributed by atoms with van der Waals surface area (Å²) in [6.45, 7) is 3.66. The van der Waals surface area contributed by atoms with Gasteiger partial charge in [-0.05, 0) is 25.5 Å². The molecule has 0 aliphatic carbocycles. The van der Waals surface area contributed by atoms with Crippen LogP contribution in [0.4, 0.5) is 0 Å². The molecule has 0 radical (unpaired) electrons. The van der Waals surface area contributed by atoms with Crippen molar-refractivity contribution in [2.24, 2.45) is 7.05 Å². The van der Waals surface area contributed by atoms with E-state index in [1.54, 1.807) is 19.2 Å². The smallest absolute Gasteiger partial charge is 0.338 e. The lowest BCUT2D eigenvalue weighted by atomic mass is 10.1. The number of hydrogen-bond donors (Lipinski definition) is 1. The Bertz CT molecular complexity index is 622. The maximum atomic E-state index is 11.3. The third-order valence-electron chi connectivity index (χ3n) is 2.78. The molecule has 0 fully saturated rings. The molecule has 2 heterocycles. The first-order valence-electron chi connectivity index (χ1n) is 5.79. The van der Waals surface area contributed by atoms with Crippen LogP contribution in [0.3, 0.4) is 0 Å². The lowest BCUT2D eigenvalue weighted by Gasteiger charge is -2.09. The Morgan fingerprint density at radius 1 is 1.47 bits per heavy atom. The lowest BCUT2D eigenvalue weighted by Crippen LogP contribution is -2.06. The van der Waals surface area contributed by atoms with E-state index >= 15 is 0 Å². The number of aromatic nitrogens is 3.